The molecule has 0 unspecified atom stereocenters. The Hall–Kier alpha value is -1.71. The van der Waals surface area contributed by atoms with Gasteiger partial charge in [0.2, 0.25) is 0 Å². The Balaban J connectivity index is 2.21. The summed E-state index contributed by atoms with van der Waals surface area (Å²) in [5.74, 6) is 0. The van der Waals surface area contributed by atoms with Gasteiger partial charge in [-0.1, -0.05) is 0 Å². The van der Waals surface area contributed by atoms with Crippen molar-refractivity contribution in [2.75, 3.05) is 0 Å². The van der Waals surface area contributed by atoms with E-state index in [1.54, 1.807) is 20.0 Å². The van der Waals surface area contributed by atoms with E-state index in [1.807, 2.05) is 0 Å². The van der Waals surface area contributed by atoms with Gasteiger partial charge in [0, 0.05) is 29.1 Å². The Morgan fingerprint density at radius 3 is 2.63 bits per heavy atom. The van der Waals surface area contributed by atoms with Crippen molar-refractivity contribution in [1.29, 1.82) is 0 Å². The zero-order valence-corrected chi connectivity index (χ0v) is 11.4. The van der Waals surface area contributed by atoms with Gasteiger partial charge in [0.05, 0.1) is 12.8 Å². The van der Waals surface area contributed by atoms with Gasteiger partial charge in [-0.3, -0.25) is 10.2 Å². The summed E-state index contributed by atoms with van der Waals surface area (Å²) in [7, 11) is -3.77. The zero-order valence-electron chi connectivity index (χ0n) is 10.6. The quantitative estimate of drug-likeness (QED) is 0.601. The molecule has 0 aliphatic rings. The summed E-state index contributed by atoms with van der Waals surface area (Å²) in [6.45, 7) is 3.18. The van der Waals surface area contributed by atoms with Crippen LogP contribution in [0.3, 0.4) is 0 Å². The molecule has 0 saturated heterocycles. The van der Waals surface area contributed by atoms with Crippen molar-refractivity contribution in [3.8, 4) is 0 Å². The number of aliphatic hydroxyl groups excluding tert-OH is 1. The normalized spacial score (nSPS) is 11.9. The van der Waals surface area contributed by atoms with E-state index in [9.17, 15) is 13.5 Å². The first-order chi connectivity index (χ1) is 8.95. The van der Waals surface area contributed by atoms with E-state index in [0.717, 1.165) is 11.3 Å². The third kappa shape index (κ3) is 2.67. The van der Waals surface area contributed by atoms with Crippen LogP contribution >= 0.6 is 0 Å². The van der Waals surface area contributed by atoms with Crippen molar-refractivity contribution in [3.05, 3.63) is 28.7 Å². The summed E-state index contributed by atoms with van der Waals surface area (Å²) in [4.78, 5) is 0. The molecule has 9 heteroatoms. The minimum Gasteiger partial charge on any atom is -0.392 e. The van der Waals surface area contributed by atoms with Crippen LogP contribution in [0, 0.1) is 13.8 Å². The van der Waals surface area contributed by atoms with Crippen molar-refractivity contribution in [2.45, 2.75) is 32.0 Å². The number of H-pyrrole nitrogens is 2. The first-order valence-electron chi connectivity index (χ1n) is 5.59. The van der Waals surface area contributed by atoms with Gasteiger partial charge in [0.15, 0.2) is 5.03 Å². The standard InChI is InChI=1S/C10H15N5O3S/c1-6-8(3-11-13-6)4-12-19(17,18)10-9(5-16)7(2)14-15-10/h3,12,16H,4-5H2,1-2H3,(H,11,13)(H,14,15). The molecule has 19 heavy (non-hydrogen) atoms. The Morgan fingerprint density at radius 1 is 1.32 bits per heavy atom. The van der Waals surface area contributed by atoms with Gasteiger partial charge in [-0.25, -0.2) is 13.1 Å². The van der Waals surface area contributed by atoms with E-state index in [1.165, 1.54) is 0 Å². The SMILES string of the molecule is Cc1[nH]ncc1CNS(=O)(=O)c1n[nH]c(C)c1CO. The number of hydrogen-bond acceptors (Lipinski definition) is 5. The summed E-state index contributed by atoms with van der Waals surface area (Å²) >= 11 is 0. The number of aliphatic hydroxyl groups is 1. The smallest absolute Gasteiger partial charge is 0.260 e. The summed E-state index contributed by atoms with van der Waals surface area (Å²) in [6.07, 6.45) is 1.56. The highest BCUT2D eigenvalue weighted by molar-refractivity contribution is 7.89. The fraction of sp³-hybridized carbons (Fsp3) is 0.400. The molecule has 0 radical (unpaired) electrons. The van der Waals surface area contributed by atoms with Gasteiger partial charge in [-0.05, 0) is 13.8 Å². The molecule has 0 spiro atoms. The van der Waals surface area contributed by atoms with Crippen molar-refractivity contribution in [2.24, 2.45) is 0 Å². The maximum Gasteiger partial charge on any atom is 0.260 e. The van der Waals surface area contributed by atoms with Gasteiger partial charge in [-0.2, -0.15) is 10.2 Å². The van der Waals surface area contributed by atoms with Crippen LogP contribution in [0.4, 0.5) is 0 Å². The third-order valence-corrected chi connectivity index (χ3v) is 4.21. The molecule has 0 bridgehead atoms. The molecule has 2 rings (SSSR count). The first-order valence-corrected chi connectivity index (χ1v) is 7.07. The van der Waals surface area contributed by atoms with Crippen LogP contribution in [0.1, 0.15) is 22.5 Å². The number of rotatable bonds is 5. The minimum atomic E-state index is -3.77. The minimum absolute atomic E-state index is 0.113. The lowest BCUT2D eigenvalue weighted by Gasteiger charge is -2.05. The van der Waals surface area contributed by atoms with Crippen molar-refractivity contribution >= 4 is 10.0 Å². The summed E-state index contributed by atoms with van der Waals surface area (Å²) in [6, 6.07) is 0. The molecular formula is C10H15N5O3S. The fourth-order valence-electron chi connectivity index (χ4n) is 1.63. The number of aromatic amines is 2. The average molecular weight is 285 g/mol. The molecule has 0 amide bonds. The Bertz CT molecular complexity index is 673. The van der Waals surface area contributed by atoms with Crippen LogP contribution in [0.2, 0.25) is 0 Å². The Labute approximate surface area is 110 Å². The molecule has 2 heterocycles. The Morgan fingerprint density at radius 2 is 2.05 bits per heavy atom. The highest BCUT2D eigenvalue weighted by atomic mass is 32.2. The maximum atomic E-state index is 12.1. The highest BCUT2D eigenvalue weighted by Crippen LogP contribution is 2.16. The summed E-state index contributed by atoms with van der Waals surface area (Å²) in [5.41, 5.74) is 2.35. The van der Waals surface area contributed by atoms with Gasteiger partial charge in [-0.15, -0.1) is 0 Å². The van der Waals surface area contributed by atoms with Crippen molar-refractivity contribution in [3.63, 3.8) is 0 Å². The second kappa shape index (κ2) is 5.11. The predicted molar refractivity (Wildman–Crippen MR) is 66.6 cm³/mol. The predicted octanol–water partition coefficient (Wildman–Crippen LogP) is -0.280. The second-order valence-electron chi connectivity index (χ2n) is 4.14. The van der Waals surface area contributed by atoms with Gasteiger partial charge < -0.3 is 5.11 Å². The number of aromatic nitrogens is 4. The lowest BCUT2D eigenvalue weighted by molar-refractivity contribution is 0.277. The first kappa shape index (κ1) is 13.7. The molecule has 0 fully saturated rings. The fourth-order valence-corrected chi connectivity index (χ4v) is 2.82. The number of hydrogen-bond donors (Lipinski definition) is 4. The molecule has 0 aliphatic heterocycles. The molecule has 104 valence electrons. The molecule has 0 aliphatic carbocycles. The number of nitrogens with one attached hydrogen (secondary N) is 3. The molecule has 2 aromatic heterocycles. The van der Waals surface area contributed by atoms with Crippen molar-refractivity contribution in [1.82, 2.24) is 25.1 Å². The lowest BCUT2D eigenvalue weighted by Crippen LogP contribution is -2.24. The van der Waals surface area contributed by atoms with Crippen molar-refractivity contribution < 1.29 is 13.5 Å². The second-order valence-corrected chi connectivity index (χ2v) is 5.82. The third-order valence-electron chi connectivity index (χ3n) is 2.84. The van der Waals surface area contributed by atoms with Crippen LogP contribution in [0.15, 0.2) is 11.2 Å². The molecule has 8 nitrogen and oxygen atoms in total. The molecular weight excluding hydrogens is 270 g/mol. The van der Waals surface area contributed by atoms with Crippen LogP contribution in [-0.4, -0.2) is 33.9 Å². The topological polar surface area (TPSA) is 124 Å². The van der Waals surface area contributed by atoms with Crippen LogP contribution < -0.4 is 4.72 Å². The van der Waals surface area contributed by atoms with E-state index in [4.69, 9.17) is 0 Å². The van der Waals surface area contributed by atoms with E-state index in [-0.39, 0.29) is 23.7 Å². The monoisotopic (exact) mass is 285 g/mol. The van der Waals surface area contributed by atoms with Gasteiger partial charge in [0.25, 0.3) is 10.0 Å². The number of sulfonamides is 1. The average Bonchev–Trinajstić information content (AvgIpc) is 2.93. The molecule has 0 aromatic carbocycles. The zero-order chi connectivity index (χ0) is 14.0. The molecule has 0 saturated carbocycles. The maximum absolute atomic E-state index is 12.1. The van der Waals surface area contributed by atoms with E-state index >= 15 is 0 Å². The summed E-state index contributed by atoms with van der Waals surface area (Å²) < 4.78 is 26.6. The van der Waals surface area contributed by atoms with Crippen LogP contribution in [-0.2, 0) is 23.2 Å². The molecule has 0 atom stereocenters. The van der Waals surface area contributed by atoms with Crippen LogP contribution in [0.5, 0.6) is 0 Å². The number of aryl methyl sites for hydroxylation is 2. The van der Waals surface area contributed by atoms with Gasteiger partial charge in [0.1, 0.15) is 0 Å². The summed E-state index contributed by atoms with van der Waals surface area (Å²) in [5, 5.41) is 21.8. The van der Waals surface area contributed by atoms with E-state index < -0.39 is 10.0 Å². The van der Waals surface area contributed by atoms with Gasteiger partial charge >= 0.3 is 0 Å². The lowest BCUT2D eigenvalue weighted by atomic mass is 10.3. The molecule has 4 N–H and O–H groups in total. The highest BCUT2D eigenvalue weighted by Gasteiger charge is 2.23. The largest absolute Gasteiger partial charge is 0.392 e. The Kier molecular flexibility index (Phi) is 3.69. The van der Waals surface area contributed by atoms with Crippen LogP contribution in [0.25, 0.3) is 0 Å². The van der Waals surface area contributed by atoms with E-state index in [2.05, 4.69) is 25.1 Å². The molecule has 2 aromatic rings. The van der Waals surface area contributed by atoms with E-state index in [0.29, 0.717) is 5.69 Å². The number of nitrogens with zero attached hydrogens (tertiary/aromatic N) is 2.